The minimum atomic E-state index is -0.419. The molecule has 0 aliphatic carbocycles. The van der Waals surface area contributed by atoms with Gasteiger partial charge in [0.05, 0.1) is 6.67 Å². The lowest BCUT2D eigenvalue weighted by atomic mass is 10.6. The average molecular weight is 128 g/mol. The molecule has 50 valence electrons. The number of rotatable bonds is 0. The topological polar surface area (TPSA) is 40.6 Å². The lowest BCUT2D eigenvalue weighted by Crippen LogP contribution is -2.23. The molecule has 0 aromatic heterocycles. The van der Waals surface area contributed by atoms with Gasteiger partial charge in [0.2, 0.25) is 0 Å². The average Bonchev–Trinajstić information content (AvgIpc) is 1.98. The van der Waals surface area contributed by atoms with Crippen molar-refractivity contribution in [3.05, 3.63) is 0 Å². The zero-order valence-corrected chi connectivity index (χ0v) is 5.42. The van der Waals surface area contributed by atoms with Crippen molar-refractivity contribution in [2.75, 3.05) is 20.8 Å². The molecule has 0 saturated carbocycles. The van der Waals surface area contributed by atoms with E-state index in [1.807, 2.05) is 0 Å². The van der Waals surface area contributed by atoms with E-state index in [0.717, 1.165) is 0 Å². The summed E-state index contributed by atoms with van der Waals surface area (Å²) in [5.74, 6) is -0.838. The van der Waals surface area contributed by atoms with Gasteiger partial charge in [-0.15, -0.1) is 0 Å². The Bertz CT molecular complexity index is 148. The molecular weight excluding hydrogens is 120 g/mol. The van der Waals surface area contributed by atoms with Crippen LogP contribution in [-0.2, 0) is 9.59 Å². The number of hydrogen-bond acceptors (Lipinski definition) is 2. The van der Waals surface area contributed by atoms with Crippen molar-refractivity contribution in [1.29, 1.82) is 0 Å². The summed E-state index contributed by atoms with van der Waals surface area (Å²) in [6.45, 7) is 0.414. The molecule has 2 amide bonds. The fourth-order valence-corrected chi connectivity index (χ4v) is 0.773. The summed E-state index contributed by atoms with van der Waals surface area (Å²) in [6, 6.07) is 0. The lowest BCUT2D eigenvalue weighted by Gasteiger charge is -2.06. The number of amides is 2. The molecule has 0 aromatic carbocycles. The van der Waals surface area contributed by atoms with Crippen LogP contribution in [-0.4, -0.2) is 42.4 Å². The fourth-order valence-electron chi connectivity index (χ4n) is 0.773. The highest BCUT2D eigenvalue weighted by atomic mass is 16.2. The summed E-state index contributed by atoms with van der Waals surface area (Å²) in [5.41, 5.74) is 0. The van der Waals surface area contributed by atoms with Crippen LogP contribution in [0.1, 0.15) is 0 Å². The van der Waals surface area contributed by atoms with E-state index in [9.17, 15) is 9.59 Å². The summed E-state index contributed by atoms with van der Waals surface area (Å²) in [5, 5.41) is 0. The molecule has 0 atom stereocenters. The third-order valence-corrected chi connectivity index (χ3v) is 1.30. The standard InChI is InChI=1S/C5H8N2O2/c1-6-3-7(2)5(9)4(6)8/h3H2,1-2H3. The Morgan fingerprint density at radius 1 is 1.11 bits per heavy atom. The van der Waals surface area contributed by atoms with Gasteiger partial charge in [-0.2, -0.15) is 0 Å². The maximum atomic E-state index is 10.7. The molecule has 1 aliphatic heterocycles. The highest BCUT2D eigenvalue weighted by Gasteiger charge is 2.30. The number of carbonyl (C=O) groups is 2. The van der Waals surface area contributed by atoms with Crippen molar-refractivity contribution >= 4 is 11.8 Å². The van der Waals surface area contributed by atoms with Crippen molar-refractivity contribution in [3.8, 4) is 0 Å². The van der Waals surface area contributed by atoms with Crippen LogP contribution < -0.4 is 0 Å². The zero-order chi connectivity index (χ0) is 7.02. The Morgan fingerprint density at radius 3 is 1.56 bits per heavy atom. The molecule has 4 heteroatoms. The van der Waals surface area contributed by atoms with Crippen LogP contribution >= 0.6 is 0 Å². The highest BCUT2D eigenvalue weighted by molar-refractivity contribution is 6.36. The van der Waals surface area contributed by atoms with Crippen LogP contribution in [0.4, 0.5) is 0 Å². The van der Waals surface area contributed by atoms with Gasteiger partial charge in [-0.1, -0.05) is 0 Å². The van der Waals surface area contributed by atoms with E-state index in [1.165, 1.54) is 9.80 Å². The van der Waals surface area contributed by atoms with Gasteiger partial charge in [0.1, 0.15) is 0 Å². The molecule has 1 heterocycles. The number of carbonyl (C=O) groups excluding carboxylic acids is 2. The third-order valence-electron chi connectivity index (χ3n) is 1.30. The third kappa shape index (κ3) is 0.759. The summed E-state index contributed by atoms with van der Waals surface area (Å²) in [6.07, 6.45) is 0. The number of hydrogen-bond donors (Lipinski definition) is 0. The van der Waals surface area contributed by atoms with Gasteiger partial charge in [0, 0.05) is 14.1 Å². The van der Waals surface area contributed by atoms with Gasteiger partial charge in [-0.25, -0.2) is 0 Å². The van der Waals surface area contributed by atoms with Gasteiger partial charge in [-0.05, 0) is 0 Å². The van der Waals surface area contributed by atoms with Crippen molar-refractivity contribution in [2.45, 2.75) is 0 Å². The minimum Gasteiger partial charge on any atom is -0.320 e. The zero-order valence-electron chi connectivity index (χ0n) is 5.42. The van der Waals surface area contributed by atoms with Crippen molar-refractivity contribution in [2.24, 2.45) is 0 Å². The lowest BCUT2D eigenvalue weighted by molar-refractivity contribution is -0.142. The van der Waals surface area contributed by atoms with Crippen molar-refractivity contribution < 1.29 is 9.59 Å². The van der Waals surface area contributed by atoms with Crippen LogP contribution in [0.15, 0.2) is 0 Å². The smallest absolute Gasteiger partial charge is 0.313 e. The van der Waals surface area contributed by atoms with Crippen LogP contribution in [0.5, 0.6) is 0 Å². The molecule has 9 heavy (non-hydrogen) atoms. The second-order valence-electron chi connectivity index (χ2n) is 2.15. The van der Waals surface area contributed by atoms with Gasteiger partial charge in [0.15, 0.2) is 0 Å². The van der Waals surface area contributed by atoms with Gasteiger partial charge >= 0.3 is 11.8 Å². The SMILES string of the molecule is CN1CN(C)C(=O)C1=O. The first-order valence-corrected chi connectivity index (χ1v) is 2.63. The summed E-state index contributed by atoms with van der Waals surface area (Å²) >= 11 is 0. The van der Waals surface area contributed by atoms with Crippen LogP contribution in [0.25, 0.3) is 0 Å². The maximum absolute atomic E-state index is 10.7. The van der Waals surface area contributed by atoms with E-state index in [2.05, 4.69) is 0 Å². The van der Waals surface area contributed by atoms with E-state index in [-0.39, 0.29) is 0 Å². The monoisotopic (exact) mass is 128 g/mol. The summed E-state index contributed by atoms with van der Waals surface area (Å²) < 4.78 is 0. The first-order valence-electron chi connectivity index (χ1n) is 2.63. The molecular formula is C5H8N2O2. The normalized spacial score (nSPS) is 19.8. The van der Waals surface area contributed by atoms with Gasteiger partial charge < -0.3 is 9.80 Å². The fraction of sp³-hybridized carbons (Fsp3) is 0.600. The molecule has 4 nitrogen and oxygen atoms in total. The van der Waals surface area contributed by atoms with Gasteiger partial charge in [-0.3, -0.25) is 9.59 Å². The molecule has 0 aromatic rings. The van der Waals surface area contributed by atoms with Crippen LogP contribution in [0.3, 0.4) is 0 Å². The van der Waals surface area contributed by atoms with E-state index >= 15 is 0 Å². The molecule has 0 spiro atoms. The Hall–Kier alpha value is -1.06. The predicted octanol–water partition coefficient (Wildman–Crippen LogP) is -1.13. The van der Waals surface area contributed by atoms with Crippen LogP contribution in [0.2, 0.25) is 0 Å². The number of nitrogens with zero attached hydrogens (tertiary/aromatic N) is 2. The minimum absolute atomic E-state index is 0.414. The molecule has 0 N–H and O–H groups in total. The summed E-state index contributed by atoms with van der Waals surface area (Å²) in [4.78, 5) is 24.1. The van der Waals surface area contributed by atoms with E-state index in [1.54, 1.807) is 14.1 Å². The van der Waals surface area contributed by atoms with Gasteiger partial charge in [0.25, 0.3) is 0 Å². The number of likely N-dealkylation sites (N-methyl/N-ethyl adjacent to an activating group) is 2. The second kappa shape index (κ2) is 1.72. The quantitative estimate of drug-likeness (QED) is 0.387. The molecule has 1 aliphatic rings. The van der Waals surface area contributed by atoms with Crippen molar-refractivity contribution in [3.63, 3.8) is 0 Å². The Kier molecular flexibility index (Phi) is 1.16. The molecule has 1 saturated heterocycles. The second-order valence-corrected chi connectivity index (χ2v) is 2.15. The van der Waals surface area contributed by atoms with E-state index in [4.69, 9.17) is 0 Å². The molecule has 0 unspecified atom stereocenters. The molecule has 1 rings (SSSR count). The molecule has 0 radical (unpaired) electrons. The van der Waals surface area contributed by atoms with E-state index < -0.39 is 11.8 Å². The first-order chi connectivity index (χ1) is 4.13. The van der Waals surface area contributed by atoms with Crippen LogP contribution in [0, 0.1) is 0 Å². The van der Waals surface area contributed by atoms with E-state index in [0.29, 0.717) is 6.67 Å². The Labute approximate surface area is 53.0 Å². The largest absolute Gasteiger partial charge is 0.320 e. The van der Waals surface area contributed by atoms with Crippen molar-refractivity contribution in [1.82, 2.24) is 9.80 Å². The molecule has 0 bridgehead atoms. The molecule has 1 fully saturated rings. The summed E-state index contributed by atoms with van der Waals surface area (Å²) in [7, 11) is 3.20. The first kappa shape index (κ1) is 6.07. The Morgan fingerprint density at radius 2 is 1.44 bits per heavy atom. The predicted molar refractivity (Wildman–Crippen MR) is 30.4 cm³/mol. The highest BCUT2D eigenvalue weighted by Crippen LogP contribution is 2.00. The maximum Gasteiger partial charge on any atom is 0.313 e. The Balaban J connectivity index is 2.77.